The predicted molar refractivity (Wildman–Crippen MR) is 81.6 cm³/mol. The number of sulfonamides is 1. The smallest absolute Gasteiger partial charge is 0.255 e. The molecule has 2 aromatic rings. The minimum atomic E-state index is -3.89. The van der Waals surface area contributed by atoms with Crippen LogP contribution in [0.15, 0.2) is 41.3 Å². The number of rotatable bonds is 3. The zero-order valence-electron chi connectivity index (χ0n) is 12.1. The van der Waals surface area contributed by atoms with Gasteiger partial charge in [-0.2, -0.15) is 0 Å². The van der Waals surface area contributed by atoms with E-state index in [4.69, 9.17) is 5.14 Å². The number of carbonyl (C=O) groups is 1. The Morgan fingerprint density at radius 2 is 1.77 bits per heavy atom. The Labute approximate surface area is 128 Å². The molecule has 2 rings (SSSR count). The number of primary sulfonamides is 1. The third-order valence-corrected chi connectivity index (χ3v) is 4.11. The zero-order chi connectivity index (χ0) is 16.5. The summed E-state index contributed by atoms with van der Waals surface area (Å²) in [7, 11) is -3.89. The second-order valence-corrected chi connectivity index (χ2v) is 6.50. The molecule has 0 heterocycles. The summed E-state index contributed by atoms with van der Waals surface area (Å²) in [4.78, 5) is 12.1. The molecule has 0 radical (unpaired) electrons. The van der Waals surface area contributed by atoms with E-state index in [0.29, 0.717) is 16.8 Å². The summed E-state index contributed by atoms with van der Waals surface area (Å²) in [6.07, 6.45) is 0. The van der Waals surface area contributed by atoms with Crippen molar-refractivity contribution in [3.05, 3.63) is 58.9 Å². The van der Waals surface area contributed by atoms with Gasteiger partial charge in [-0.05, 0) is 55.3 Å². The normalized spacial score (nSPS) is 11.3. The largest absolute Gasteiger partial charge is 0.322 e. The fraction of sp³-hybridized carbons (Fsp3) is 0.133. The maximum atomic E-state index is 13.2. The third-order valence-electron chi connectivity index (χ3n) is 3.20. The van der Waals surface area contributed by atoms with E-state index < -0.39 is 15.9 Å². The molecule has 3 N–H and O–H groups in total. The lowest BCUT2D eigenvalue weighted by Crippen LogP contribution is -2.17. The highest BCUT2D eigenvalue weighted by Gasteiger charge is 2.15. The predicted octanol–water partition coefficient (Wildman–Crippen LogP) is 2.34. The van der Waals surface area contributed by atoms with Crippen LogP contribution >= 0.6 is 0 Å². The summed E-state index contributed by atoms with van der Waals surface area (Å²) in [6, 6.07) is 8.23. The van der Waals surface area contributed by atoms with Crippen LogP contribution in [0, 0.1) is 19.7 Å². The molecule has 2 aromatic carbocycles. The highest BCUT2D eigenvalue weighted by Crippen LogP contribution is 2.18. The molecule has 0 aliphatic carbocycles. The van der Waals surface area contributed by atoms with E-state index in [-0.39, 0.29) is 16.3 Å². The molecule has 0 saturated heterocycles. The molecule has 0 spiro atoms. The average molecular weight is 322 g/mol. The number of benzene rings is 2. The van der Waals surface area contributed by atoms with Gasteiger partial charge in [0.05, 0.1) is 4.90 Å². The van der Waals surface area contributed by atoms with Crippen LogP contribution in [0.4, 0.5) is 10.1 Å². The molecule has 5 nitrogen and oxygen atoms in total. The quantitative estimate of drug-likeness (QED) is 0.909. The van der Waals surface area contributed by atoms with E-state index >= 15 is 0 Å². The molecule has 0 bridgehead atoms. The Morgan fingerprint density at radius 3 is 2.36 bits per heavy atom. The first-order valence-corrected chi connectivity index (χ1v) is 7.94. The van der Waals surface area contributed by atoms with Crippen molar-refractivity contribution < 1.29 is 17.6 Å². The van der Waals surface area contributed by atoms with Crippen molar-refractivity contribution in [2.75, 3.05) is 5.32 Å². The molecule has 0 fully saturated rings. The summed E-state index contributed by atoms with van der Waals surface area (Å²) >= 11 is 0. The number of aryl methyl sites for hydroxylation is 2. The number of anilines is 1. The summed E-state index contributed by atoms with van der Waals surface area (Å²) < 4.78 is 35.9. The van der Waals surface area contributed by atoms with Crippen LogP contribution < -0.4 is 10.5 Å². The summed E-state index contributed by atoms with van der Waals surface area (Å²) in [5.74, 6) is -0.862. The van der Waals surface area contributed by atoms with E-state index in [2.05, 4.69) is 5.32 Å². The monoisotopic (exact) mass is 322 g/mol. The van der Waals surface area contributed by atoms with E-state index in [9.17, 15) is 17.6 Å². The van der Waals surface area contributed by atoms with Crippen molar-refractivity contribution in [3.8, 4) is 0 Å². The van der Waals surface area contributed by atoms with Crippen LogP contribution in [0.1, 0.15) is 21.5 Å². The topological polar surface area (TPSA) is 89.3 Å². The van der Waals surface area contributed by atoms with Crippen molar-refractivity contribution in [2.24, 2.45) is 5.14 Å². The molecule has 0 aromatic heterocycles. The number of amides is 1. The number of carbonyl (C=O) groups excluding carboxylic acids is 1. The Bertz CT molecular complexity index is 848. The van der Waals surface area contributed by atoms with E-state index in [1.54, 1.807) is 13.8 Å². The third kappa shape index (κ3) is 3.49. The first-order chi connectivity index (χ1) is 10.2. The lowest BCUT2D eigenvalue weighted by molar-refractivity contribution is 0.102. The second-order valence-electron chi connectivity index (χ2n) is 4.94. The molecule has 7 heteroatoms. The fourth-order valence-corrected chi connectivity index (χ4v) is 2.48. The van der Waals surface area contributed by atoms with Gasteiger partial charge in [-0.25, -0.2) is 17.9 Å². The average Bonchev–Trinajstić information content (AvgIpc) is 2.42. The Morgan fingerprint density at radius 1 is 1.09 bits per heavy atom. The van der Waals surface area contributed by atoms with Crippen molar-refractivity contribution in [3.63, 3.8) is 0 Å². The Kier molecular flexibility index (Phi) is 4.30. The Balaban J connectivity index is 2.35. The van der Waals surface area contributed by atoms with Crippen molar-refractivity contribution in [2.45, 2.75) is 18.7 Å². The minimum absolute atomic E-state index is 0.140. The van der Waals surface area contributed by atoms with Crippen molar-refractivity contribution >= 4 is 21.6 Å². The maximum absolute atomic E-state index is 13.2. The van der Waals surface area contributed by atoms with Gasteiger partial charge in [0.2, 0.25) is 10.0 Å². The minimum Gasteiger partial charge on any atom is -0.322 e. The lowest BCUT2D eigenvalue weighted by Gasteiger charge is -2.10. The van der Waals surface area contributed by atoms with Crippen LogP contribution in [0.5, 0.6) is 0 Å². The molecule has 0 saturated carbocycles. The first-order valence-electron chi connectivity index (χ1n) is 6.39. The van der Waals surface area contributed by atoms with Crippen LogP contribution in [0.25, 0.3) is 0 Å². The molecule has 0 unspecified atom stereocenters. The number of hydrogen-bond donors (Lipinski definition) is 2. The molecule has 0 atom stereocenters. The summed E-state index contributed by atoms with van der Waals surface area (Å²) in [5.41, 5.74) is 1.61. The van der Waals surface area contributed by atoms with Crippen molar-refractivity contribution in [1.29, 1.82) is 0 Å². The van der Waals surface area contributed by atoms with Gasteiger partial charge < -0.3 is 5.32 Å². The lowest BCUT2D eigenvalue weighted by atomic mass is 10.1. The van der Waals surface area contributed by atoms with Crippen LogP contribution in [0.2, 0.25) is 0 Å². The van der Waals surface area contributed by atoms with Gasteiger partial charge in [-0.15, -0.1) is 0 Å². The van der Waals surface area contributed by atoms with Crippen LogP contribution in [0.3, 0.4) is 0 Å². The number of nitrogens with one attached hydrogen (secondary N) is 1. The van der Waals surface area contributed by atoms with Crippen molar-refractivity contribution in [1.82, 2.24) is 0 Å². The van der Waals surface area contributed by atoms with Crippen LogP contribution in [-0.4, -0.2) is 14.3 Å². The van der Waals surface area contributed by atoms with E-state index in [0.717, 1.165) is 0 Å². The molecular formula is C15H15FN2O3S. The maximum Gasteiger partial charge on any atom is 0.255 e. The summed E-state index contributed by atoms with van der Waals surface area (Å²) in [6.45, 7) is 3.26. The SMILES string of the molecule is Cc1cc(NC(=O)c2cc(S(N)(=O)=O)ccc2C)ccc1F. The molecule has 116 valence electrons. The molecule has 0 aliphatic rings. The number of hydrogen-bond acceptors (Lipinski definition) is 3. The van der Waals surface area contributed by atoms with Gasteiger partial charge >= 0.3 is 0 Å². The Hall–Kier alpha value is -2.25. The first kappa shape index (κ1) is 16.1. The van der Waals surface area contributed by atoms with Gasteiger partial charge in [-0.3, -0.25) is 4.79 Å². The zero-order valence-corrected chi connectivity index (χ0v) is 12.9. The van der Waals surface area contributed by atoms with E-state index in [1.807, 2.05) is 0 Å². The molecule has 1 amide bonds. The number of halogens is 1. The van der Waals surface area contributed by atoms with Gasteiger partial charge in [0.1, 0.15) is 5.82 Å². The highest BCUT2D eigenvalue weighted by atomic mass is 32.2. The van der Waals surface area contributed by atoms with Gasteiger partial charge in [0.15, 0.2) is 0 Å². The molecular weight excluding hydrogens is 307 g/mol. The molecule has 0 aliphatic heterocycles. The van der Waals surface area contributed by atoms with E-state index in [1.165, 1.54) is 36.4 Å². The van der Waals surface area contributed by atoms with Gasteiger partial charge in [-0.1, -0.05) is 6.07 Å². The highest BCUT2D eigenvalue weighted by molar-refractivity contribution is 7.89. The number of nitrogens with two attached hydrogens (primary N) is 1. The second kappa shape index (κ2) is 5.86. The molecule has 22 heavy (non-hydrogen) atoms. The van der Waals surface area contributed by atoms with Gasteiger partial charge in [0, 0.05) is 11.3 Å². The standard InChI is InChI=1S/C15H15FN2O3S/c1-9-3-5-12(22(17,20)21)8-13(9)15(19)18-11-4-6-14(16)10(2)7-11/h3-8H,1-2H3,(H,18,19)(H2,17,20,21). The van der Waals surface area contributed by atoms with Gasteiger partial charge in [0.25, 0.3) is 5.91 Å². The van der Waals surface area contributed by atoms with Crippen LogP contribution in [-0.2, 0) is 10.0 Å². The fourth-order valence-electron chi connectivity index (χ4n) is 1.94. The summed E-state index contributed by atoms with van der Waals surface area (Å²) in [5, 5.41) is 7.67.